The predicted octanol–water partition coefficient (Wildman–Crippen LogP) is 4.36. The molecule has 0 fully saturated rings. The first-order chi connectivity index (χ1) is 8.15. The molecule has 1 heterocycles. The number of rotatable bonds is 3. The van der Waals surface area contributed by atoms with Crippen molar-refractivity contribution in [3.63, 3.8) is 0 Å². The molecule has 1 aromatic heterocycles. The van der Waals surface area contributed by atoms with E-state index >= 15 is 0 Å². The molecule has 0 N–H and O–H groups in total. The van der Waals surface area contributed by atoms with Gasteiger partial charge in [0.25, 0.3) is 0 Å². The fourth-order valence-corrected chi connectivity index (χ4v) is 2.49. The van der Waals surface area contributed by atoms with Crippen LogP contribution in [-0.4, -0.2) is 4.57 Å². The second-order valence-corrected chi connectivity index (χ2v) is 4.49. The van der Waals surface area contributed by atoms with E-state index in [2.05, 4.69) is 68.3 Å². The molecule has 0 radical (unpaired) electrons. The van der Waals surface area contributed by atoms with Crippen LogP contribution in [0.2, 0.25) is 0 Å². The quantitative estimate of drug-likeness (QED) is 0.731. The lowest BCUT2D eigenvalue weighted by molar-refractivity contribution is 0.610. The van der Waals surface area contributed by atoms with E-state index in [4.69, 9.17) is 0 Å². The summed E-state index contributed by atoms with van der Waals surface area (Å²) in [7, 11) is 0. The van der Waals surface area contributed by atoms with Crippen LogP contribution in [0.15, 0.2) is 43.0 Å². The van der Waals surface area contributed by atoms with Crippen molar-refractivity contribution in [1.29, 1.82) is 0 Å². The van der Waals surface area contributed by atoms with Gasteiger partial charge in [-0.15, -0.1) is 0 Å². The van der Waals surface area contributed by atoms with E-state index in [0.29, 0.717) is 6.04 Å². The Labute approximate surface area is 103 Å². The number of nitrogens with zero attached hydrogens (tertiary/aromatic N) is 1. The molecule has 0 saturated heterocycles. The molecule has 0 aliphatic rings. The summed E-state index contributed by atoms with van der Waals surface area (Å²) in [6.07, 6.45) is 1.93. The summed E-state index contributed by atoms with van der Waals surface area (Å²) in [6.45, 7) is 10.4. The van der Waals surface area contributed by atoms with Crippen LogP contribution < -0.4 is 0 Å². The van der Waals surface area contributed by atoms with Gasteiger partial charge >= 0.3 is 0 Å². The molecule has 0 amide bonds. The Morgan fingerprint density at radius 2 is 1.82 bits per heavy atom. The third-order valence-corrected chi connectivity index (χ3v) is 3.41. The lowest BCUT2D eigenvalue weighted by Gasteiger charge is -2.19. The minimum absolute atomic E-state index is 0.366. The highest BCUT2D eigenvalue weighted by Crippen LogP contribution is 2.25. The molecule has 1 heteroatoms. The van der Waals surface area contributed by atoms with Crippen LogP contribution >= 0.6 is 0 Å². The number of hydrogen-bond donors (Lipinski definition) is 0. The zero-order valence-electron chi connectivity index (χ0n) is 10.8. The van der Waals surface area contributed by atoms with Crippen LogP contribution in [0.25, 0.3) is 6.08 Å². The van der Waals surface area contributed by atoms with E-state index < -0.39 is 0 Å². The van der Waals surface area contributed by atoms with Crippen LogP contribution in [0.3, 0.4) is 0 Å². The maximum Gasteiger partial charge on any atom is 0.0557 e. The first-order valence-electron chi connectivity index (χ1n) is 6.01. The molecular formula is C16H19N. The molecule has 2 rings (SSSR count). The molecule has 0 spiro atoms. The number of aromatic nitrogens is 1. The molecular weight excluding hydrogens is 206 g/mol. The summed E-state index contributed by atoms with van der Waals surface area (Å²) in [4.78, 5) is 0. The van der Waals surface area contributed by atoms with Crippen LogP contribution in [0.5, 0.6) is 0 Å². The topological polar surface area (TPSA) is 4.93 Å². The number of hydrogen-bond acceptors (Lipinski definition) is 0. The SMILES string of the molecule is C=Cc1cc(C)n(C(C)c2ccccc2)c1C. The molecule has 17 heavy (non-hydrogen) atoms. The van der Waals surface area contributed by atoms with Crippen LogP contribution in [0, 0.1) is 13.8 Å². The van der Waals surface area contributed by atoms with Crippen molar-refractivity contribution in [2.24, 2.45) is 0 Å². The van der Waals surface area contributed by atoms with Crippen molar-refractivity contribution in [2.75, 3.05) is 0 Å². The van der Waals surface area contributed by atoms with Gasteiger partial charge in [-0.25, -0.2) is 0 Å². The van der Waals surface area contributed by atoms with E-state index in [-0.39, 0.29) is 0 Å². The summed E-state index contributed by atoms with van der Waals surface area (Å²) >= 11 is 0. The second-order valence-electron chi connectivity index (χ2n) is 4.49. The van der Waals surface area contributed by atoms with Gasteiger partial charge < -0.3 is 4.57 Å². The lowest BCUT2D eigenvalue weighted by Crippen LogP contribution is -2.10. The van der Waals surface area contributed by atoms with Crippen molar-refractivity contribution < 1.29 is 0 Å². The lowest BCUT2D eigenvalue weighted by atomic mass is 10.1. The highest BCUT2D eigenvalue weighted by atomic mass is 15.0. The minimum atomic E-state index is 0.366. The normalized spacial score (nSPS) is 12.4. The molecule has 0 aliphatic heterocycles. The van der Waals surface area contributed by atoms with Gasteiger partial charge in [-0.1, -0.05) is 43.0 Å². The van der Waals surface area contributed by atoms with Crippen LogP contribution in [-0.2, 0) is 0 Å². The minimum Gasteiger partial charge on any atom is -0.341 e. The highest BCUT2D eigenvalue weighted by molar-refractivity contribution is 5.52. The Morgan fingerprint density at radius 3 is 2.35 bits per heavy atom. The van der Waals surface area contributed by atoms with E-state index in [0.717, 1.165) is 0 Å². The zero-order chi connectivity index (χ0) is 12.4. The summed E-state index contributed by atoms with van der Waals surface area (Å²) in [5, 5.41) is 0. The Morgan fingerprint density at radius 1 is 1.18 bits per heavy atom. The van der Waals surface area contributed by atoms with Crippen LogP contribution in [0.1, 0.15) is 35.5 Å². The molecule has 0 aliphatic carbocycles. The van der Waals surface area contributed by atoms with Crippen molar-refractivity contribution >= 4 is 6.08 Å². The maximum absolute atomic E-state index is 3.86. The standard InChI is InChI=1S/C16H19N/c1-5-15-11-12(2)17(13(15)3)14(4)16-9-7-6-8-10-16/h5-11,14H,1H2,2-4H3. The van der Waals surface area contributed by atoms with Crippen molar-refractivity contribution in [2.45, 2.75) is 26.8 Å². The average molecular weight is 225 g/mol. The fourth-order valence-electron chi connectivity index (χ4n) is 2.49. The monoisotopic (exact) mass is 225 g/mol. The molecule has 1 unspecified atom stereocenters. The first kappa shape index (κ1) is 11.7. The summed E-state index contributed by atoms with van der Waals surface area (Å²) < 4.78 is 2.37. The first-order valence-corrected chi connectivity index (χ1v) is 6.01. The molecule has 88 valence electrons. The molecule has 2 aromatic rings. The van der Waals surface area contributed by atoms with Gasteiger partial charge in [0.15, 0.2) is 0 Å². The maximum atomic E-state index is 3.86. The van der Waals surface area contributed by atoms with Gasteiger partial charge in [0.2, 0.25) is 0 Å². The summed E-state index contributed by atoms with van der Waals surface area (Å²) in [5.74, 6) is 0. The van der Waals surface area contributed by atoms with Gasteiger partial charge in [0, 0.05) is 11.4 Å². The molecule has 1 nitrogen and oxygen atoms in total. The average Bonchev–Trinajstić information content (AvgIpc) is 2.64. The smallest absolute Gasteiger partial charge is 0.0557 e. The predicted molar refractivity (Wildman–Crippen MR) is 74.3 cm³/mol. The van der Waals surface area contributed by atoms with Crippen LogP contribution in [0.4, 0.5) is 0 Å². The van der Waals surface area contributed by atoms with Crippen molar-refractivity contribution in [3.8, 4) is 0 Å². The van der Waals surface area contributed by atoms with Gasteiger partial charge in [-0.2, -0.15) is 0 Å². The number of aryl methyl sites for hydroxylation is 1. The third kappa shape index (κ3) is 2.05. The van der Waals surface area contributed by atoms with Gasteiger partial charge in [0.05, 0.1) is 6.04 Å². The summed E-state index contributed by atoms with van der Waals surface area (Å²) in [5.41, 5.74) is 5.14. The molecule has 0 bridgehead atoms. The molecule has 1 aromatic carbocycles. The summed E-state index contributed by atoms with van der Waals surface area (Å²) in [6, 6.07) is 13.2. The Bertz CT molecular complexity index is 520. The Balaban J connectivity index is 2.47. The van der Waals surface area contributed by atoms with Crippen molar-refractivity contribution in [3.05, 3.63) is 65.5 Å². The van der Waals surface area contributed by atoms with E-state index in [1.807, 2.05) is 6.08 Å². The zero-order valence-corrected chi connectivity index (χ0v) is 10.8. The second kappa shape index (κ2) is 4.62. The van der Waals surface area contributed by atoms with Crippen molar-refractivity contribution in [1.82, 2.24) is 4.57 Å². The highest BCUT2D eigenvalue weighted by Gasteiger charge is 2.13. The molecule has 0 saturated carbocycles. The van der Waals surface area contributed by atoms with Gasteiger partial charge in [-0.3, -0.25) is 0 Å². The fraction of sp³-hybridized carbons (Fsp3) is 0.250. The Kier molecular flexibility index (Phi) is 3.19. The van der Waals surface area contributed by atoms with E-state index in [9.17, 15) is 0 Å². The van der Waals surface area contributed by atoms with E-state index in [1.165, 1.54) is 22.5 Å². The molecule has 1 atom stereocenters. The third-order valence-electron chi connectivity index (χ3n) is 3.41. The van der Waals surface area contributed by atoms with Gasteiger partial charge in [-0.05, 0) is 38.0 Å². The Hall–Kier alpha value is -1.76. The number of benzene rings is 1. The van der Waals surface area contributed by atoms with E-state index in [1.54, 1.807) is 0 Å². The van der Waals surface area contributed by atoms with Gasteiger partial charge in [0.1, 0.15) is 0 Å². The largest absolute Gasteiger partial charge is 0.341 e.